The van der Waals surface area contributed by atoms with Gasteiger partial charge in [-0.05, 0) is 73.4 Å². The molecule has 3 N–H and O–H groups in total. The van der Waals surface area contributed by atoms with Gasteiger partial charge in [-0.1, -0.05) is 30.3 Å². The van der Waals surface area contributed by atoms with Crippen LogP contribution in [0.25, 0.3) is 28.0 Å². The number of hydrogen-bond acceptors (Lipinski definition) is 8. The molecular formula is C35H37N9O2. The summed E-state index contributed by atoms with van der Waals surface area (Å²) in [7, 11) is 0. The van der Waals surface area contributed by atoms with Crippen LogP contribution in [0.15, 0.2) is 67.3 Å². The number of rotatable bonds is 6. The summed E-state index contributed by atoms with van der Waals surface area (Å²) >= 11 is 0. The van der Waals surface area contributed by atoms with Crippen LogP contribution in [-0.4, -0.2) is 55.3 Å². The lowest BCUT2D eigenvalue weighted by Gasteiger charge is -2.34. The molecule has 2 aliphatic heterocycles. The predicted molar refractivity (Wildman–Crippen MR) is 178 cm³/mol. The summed E-state index contributed by atoms with van der Waals surface area (Å²) in [5.41, 5.74) is 13.5. The minimum atomic E-state index is -0.256. The highest BCUT2D eigenvalue weighted by Crippen LogP contribution is 2.34. The first kappa shape index (κ1) is 29.4. The van der Waals surface area contributed by atoms with E-state index < -0.39 is 0 Å². The molecule has 1 saturated heterocycles. The first-order valence-electron chi connectivity index (χ1n) is 15.9. The number of nitrogens with zero attached hydrogens (tertiary/aromatic N) is 7. The van der Waals surface area contributed by atoms with E-state index in [1.807, 2.05) is 27.6 Å². The third kappa shape index (κ3) is 5.76. The van der Waals surface area contributed by atoms with Crippen LogP contribution in [0.2, 0.25) is 0 Å². The van der Waals surface area contributed by atoms with Crippen LogP contribution >= 0.6 is 0 Å². The number of amides is 2. The SMILES string of the molecule is CC(=O)N1c2ccc(-c3ccc(CNC(=O)c4cn5cc(-c6cnc(N)nc6)nc(N6CCCCC6)c5n4)cc3)cc2CC[C@@H]1C. The molecule has 0 unspecified atom stereocenters. The second-order valence-corrected chi connectivity index (χ2v) is 12.2. The second-order valence-electron chi connectivity index (χ2n) is 12.2. The van der Waals surface area contributed by atoms with Gasteiger partial charge in [0, 0.05) is 68.6 Å². The maximum Gasteiger partial charge on any atom is 0.271 e. The molecule has 0 aliphatic carbocycles. The molecule has 1 atom stereocenters. The van der Waals surface area contributed by atoms with Gasteiger partial charge in [-0.3, -0.25) is 9.59 Å². The normalized spacial score (nSPS) is 16.3. The number of carbonyl (C=O) groups is 2. The lowest BCUT2D eigenvalue weighted by Crippen LogP contribution is -2.40. The lowest BCUT2D eigenvalue weighted by molar-refractivity contribution is -0.117. The van der Waals surface area contributed by atoms with E-state index in [9.17, 15) is 9.59 Å². The molecule has 0 radical (unpaired) electrons. The number of aromatic nitrogens is 5. The van der Waals surface area contributed by atoms with Crippen molar-refractivity contribution in [3.63, 3.8) is 0 Å². The highest BCUT2D eigenvalue weighted by molar-refractivity contribution is 5.94. The van der Waals surface area contributed by atoms with Crippen LogP contribution in [0, 0.1) is 0 Å². The van der Waals surface area contributed by atoms with Gasteiger partial charge in [0.15, 0.2) is 11.5 Å². The molecule has 5 heterocycles. The van der Waals surface area contributed by atoms with Crippen molar-refractivity contribution in [2.24, 2.45) is 0 Å². The number of imidazole rings is 1. The average Bonchev–Trinajstić information content (AvgIpc) is 3.52. The van der Waals surface area contributed by atoms with Crippen LogP contribution in [-0.2, 0) is 17.8 Å². The van der Waals surface area contributed by atoms with Gasteiger partial charge < -0.3 is 25.3 Å². The summed E-state index contributed by atoms with van der Waals surface area (Å²) in [4.78, 5) is 47.6. The Morgan fingerprint density at radius 1 is 0.935 bits per heavy atom. The number of hydrogen-bond donors (Lipinski definition) is 2. The van der Waals surface area contributed by atoms with E-state index in [1.54, 1.807) is 25.5 Å². The Labute approximate surface area is 267 Å². The number of anilines is 3. The van der Waals surface area contributed by atoms with Gasteiger partial charge >= 0.3 is 0 Å². The Hall–Kier alpha value is -5.32. The number of nitrogens with one attached hydrogen (secondary N) is 1. The van der Waals surface area contributed by atoms with Crippen molar-refractivity contribution in [2.45, 2.75) is 58.5 Å². The van der Waals surface area contributed by atoms with Gasteiger partial charge in [0.2, 0.25) is 11.9 Å². The van der Waals surface area contributed by atoms with E-state index in [-0.39, 0.29) is 23.8 Å². The van der Waals surface area contributed by atoms with E-state index in [0.717, 1.165) is 72.5 Å². The largest absolute Gasteiger partial charge is 0.368 e. The molecule has 7 rings (SSSR count). The number of nitrogen functional groups attached to an aromatic ring is 1. The van der Waals surface area contributed by atoms with Gasteiger partial charge in [0.25, 0.3) is 5.91 Å². The van der Waals surface area contributed by atoms with Crippen molar-refractivity contribution in [2.75, 3.05) is 28.6 Å². The summed E-state index contributed by atoms with van der Waals surface area (Å²) in [6, 6.07) is 14.7. The van der Waals surface area contributed by atoms with Gasteiger partial charge in [-0.15, -0.1) is 0 Å². The maximum absolute atomic E-state index is 13.3. The van der Waals surface area contributed by atoms with E-state index >= 15 is 0 Å². The lowest BCUT2D eigenvalue weighted by atomic mass is 9.93. The minimum Gasteiger partial charge on any atom is -0.368 e. The standard InChI is InChI=1S/C35H37N9O2/c1-22-6-9-27-16-26(12-13-31(27)44(22)23(2)45)25-10-7-24(8-11-25)17-37-34(46)30-21-43-20-29(28-18-38-35(36)39-19-28)40-32(33(43)41-30)42-14-4-3-5-15-42/h7-8,10-13,16,18-22H,3-6,9,14-15,17H2,1-2H3,(H,37,46)(H2,36,38,39)/t22-/m0/s1. The van der Waals surface area contributed by atoms with Gasteiger partial charge in [-0.2, -0.15) is 0 Å². The van der Waals surface area contributed by atoms with Crippen molar-refractivity contribution in [1.29, 1.82) is 0 Å². The molecule has 11 nitrogen and oxygen atoms in total. The molecule has 0 spiro atoms. The van der Waals surface area contributed by atoms with E-state index in [4.69, 9.17) is 15.7 Å². The van der Waals surface area contributed by atoms with E-state index in [1.165, 1.54) is 12.0 Å². The fourth-order valence-electron chi connectivity index (χ4n) is 6.52. The number of benzene rings is 2. The first-order valence-corrected chi connectivity index (χ1v) is 15.9. The molecule has 1 fully saturated rings. The van der Waals surface area contributed by atoms with Gasteiger partial charge in [0.1, 0.15) is 5.69 Å². The summed E-state index contributed by atoms with van der Waals surface area (Å²) in [5.74, 6) is 0.768. The van der Waals surface area contributed by atoms with Crippen molar-refractivity contribution in [3.8, 4) is 22.4 Å². The minimum absolute atomic E-state index is 0.0772. The summed E-state index contributed by atoms with van der Waals surface area (Å²) < 4.78 is 1.86. The number of aryl methyl sites for hydroxylation is 1. The zero-order chi connectivity index (χ0) is 31.8. The third-order valence-electron chi connectivity index (χ3n) is 8.97. The molecule has 11 heteroatoms. The average molecular weight is 616 g/mol. The monoisotopic (exact) mass is 615 g/mol. The highest BCUT2D eigenvalue weighted by Gasteiger charge is 2.26. The van der Waals surface area contributed by atoms with Crippen LogP contribution in [0.4, 0.5) is 17.5 Å². The fraction of sp³-hybridized carbons (Fsp3) is 0.314. The number of carbonyl (C=O) groups excluding carboxylic acids is 2. The summed E-state index contributed by atoms with van der Waals surface area (Å²) in [6.07, 6.45) is 12.2. The summed E-state index contributed by atoms with van der Waals surface area (Å²) in [6.45, 7) is 5.87. The maximum atomic E-state index is 13.3. The van der Waals surface area contributed by atoms with E-state index in [0.29, 0.717) is 23.6 Å². The predicted octanol–water partition coefficient (Wildman–Crippen LogP) is 5.04. The van der Waals surface area contributed by atoms with Crippen LogP contribution < -0.4 is 20.9 Å². The molecule has 0 saturated carbocycles. The number of piperidine rings is 1. The Morgan fingerprint density at radius 3 is 2.41 bits per heavy atom. The smallest absolute Gasteiger partial charge is 0.271 e. The molecular weight excluding hydrogens is 578 g/mol. The quantitative estimate of drug-likeness (QED) is 0.271. The van der Waals surface area contributed by atoms with Crippen molar-refractivity contribution >= 4 is 34.9 Å². The van der Waals surface area contributed by atoms with Crippen molar-refractivity contribution in [3.05, 3.63) is 84.1 Å². The van der Waals surface area contributed by atoms with Crippen LogP contribution in [0.3, 0.4) is 0 Å². The molecule has 2 aliphatic rings. The zero-order valence-corrected chi connectivity index (χ0v) is 26.1. The summed E-state index contributed by atoms with van der Waals surface area (Å²) in [5, 5.41) is 3.03. The molecule has 2 aromatic carbocycles. The Morgan fingerprint density at radius 2 is 1.67 bits per heavy atom. The highest BCUT2D eigenvalue weighted by atomic mass is 16.2. The van der Waals surface area contributed by atoms with Crippen molar-refractivity contribution in [1.82, 2.24) is 29.7 Å². The van der Waals surface area contributed by atoms with Crippen LogP contribution in [0.1, 0.15) is 61.1 Å². The van der Waals surface area contributed by atoms with Gasteiger partial charge in [-0.25, -0.2) is 19.9 Å². The molecule has 3 aromatic heterocycles. The third-order valence-corrected chi connectivity index (χ3v) is 8.97. The molecule has 5 aromatic rings. The first-order chi connectivity index (χ1) is 22.3. The Kier molecular flexibility index (Phi) is 7.81. The van der Waals surface area contributed by atoms with E-state index in [2.05, 4.69) is 57.4 Å². The molecule has 234 valence electrons. The Bertz CT molecular complexity index is 1910. The topological polar surface area (TPSA) is 135 Å². The van der Waals surface area contributed by atoms with Crippen LogP contribution in [0.5, 0.6) is 0 Å². The van der Waals surface area contributed by atoms with Crippen molar-refractivity contribution < 1.29 is 9.59 Å². The molecule has 0 bridgehead atoms. The Balaban J connectivity index is 1.08. The number of nitrogens with two attached hydrogens (primary N) is 1. The zero-order valence-electron chi connectivity index (χ0n) is 26.1. The molecule has 2 amide bonds. The molecule has 46 heavy (non-hydrogen) atoms. The number of fused-ring (bicyclic) bond motifs is 2. The van der Waals surface area contributed by atoms with Gasteiger partial charge in [0.05, 0.1) is 5.69 Å². The fourth-order valence-corrected chi connectivity index (χ4v) is 6.52. The second kappa shape index (κ2) is 12.2.